The molecule has 1 heterocycles. The molecule has 1 saturated carbocycles. The zero-order valence-corrected chi connectivity index (χ0v) is 19.7. The molecule has 0 bridgehead atoms. The highest BCUT2D eigenvalue weighted by Crippen LogP contribution is 2.27. The highest BCUT2D eigenvalue weighted by molar-refractivity contribution is 5.90. The molecular weight excluding hydrogens is 434 g/mol. The normalized spacial score (nSPS) is 18.1. The van der Waals surface area contributed by atoms with Gasteiger partial charge < -0.3 is 23.7 Å². The van der Waals surface area contributed by atoms with Gasteiger partial charge in [0.15, 0.2) is 0 Å². The Labute approximate surface area is 199 Å². The van der Waals surface area contributed by atoms with Gasteiger partial charge in [-0.15, -0.1) is 0 Å². The zero-order chi connectivity index (χ0) is 23.9. The topological polar surface area (TPSA) is 91.0 Å². The van der Waals surface area contributed by atoms with Crippen LogP contribution in [0.1, 0.15) is 53.1 Å². The Morgan fingerprint density at radius 3 is 2.65 bits per heavy atom. The Morgan fingerprint density at radius 2 is 1.85 bits per heavy atom. The van der Waals surface area contributed by atoms with Crippen molar-refractivity contribution in [2.75, 3.05) is 13.2 Å². The molecule has 7 heteroatoms. The highest BCUT2D eigenvalue weighted by atomic mass is 16.5. The van der Waals surface area contributed by atoms with E-state index in [0.29, 0.717) is 31.5 Å². The number of ether oxygens (including phenoxy) is 3. The van der Waals surface area contributed by atoms with E-state index in [2.05, 4.69) is 11.1 Å². The molecule has 0 saturated heterocycles. The van der Waals surface area contributed by atoms with Crippen LogP contribution in [-0.2, 0) is 16.1 Å². The minimum Gasteiger partial charge on any atom is -0.490 e. The molecule has 1 aromatic heterocycles. The average Bonchev–Trinajstić information content (AvgIpc) is 3.21. The van der Waals surface area contributed by atoms with Crippen molar-refractivity contribution in [1.29, 1.82) is 0 Å². The lowest BCUT2D eigenvalue weighted by atomic mass is 9.95. The Kier molecular flexibility index (Phi) is 7.98. The summed E-state index contributed by atoms with van der Waals surface area (Å²) in [5, 5.41) is 9.24. The third kappa shape index (κ3) is 6.24. The van der Waals surface area contributed by atoms with E-state index in [0.717, 1.165) is 48.3 Å². The van der Waals surface area contributed by atoms with Gasteiger partial charge in [0.2, 0.25) is 5.89 Å². The van der Waals surface area contributed by atoms with Gasteiger partial charge in [-0.05, 0) is 63.8 Å². The lowest BCUT2D eigenvalue weighted by molar-refractivity contribution is -0.0556. The van der Waals surface area contributed by atoms with E-state index in [9.17, 15) is 9.90 Å². The summed E-state index contributed by atoms with van der Waals surface area (Å²) in [7, 11) is 0. The maximum atomic E-state index is 11.3. The van der Waals surface area contributed by atoms with Crippen molar-refractivity contribution in [1.82, 2.24) is 4.98 Å². The van der Waals surface area contributed by atoms with Crippen LogP contribution >= 0.6 is 0 Å². The van der Waals surface area contributed by atoms with E-state index in [1.165, 1.54) is 6.07 Å². The number of carbonyl (C=O) groups is 1. The van der Waals surface area contributed by atoms with E-state index in [1.54, 1.807) is 18.2 Å². The number of aryl methyl sites for hydroxylation is 2. The molecule has 1 aliphatic rings. The molecule has 1 fully saturated rings. The Balaban J connectivity index is 1.23. The maximum absolute atomic E-state index is 11.3. The maximum Gasteiger partial charge on any atom is 0.339 e. The number of oxazole rings is 1. The summed E-state index contributed by atoms with van der Waals surface area (Å²) in [5.41, 5.74) is 3.11. The summed E-state index contributed by atoms with van der Waals surface area (Å²) in [6.45, 7) is 5.07. The van der Waals surface area contributed by atoms with Crippen LogP contribution in [0.3, 0.4) is 0 Å². The number of hydrogen-bond acceptors (Lipinski definition) is 6. The Bertz CT molecular complexity index is 1110. The SMILES string of the molecule is Cc1cccc(-c2nc(CO[C@H]3CCC[C@@H](OCCOc4ccccc4C(=O)O)C3)c(C)o2)c1. The first-order chi connectivity index (χ1) is 16.5. The molecule has 0 spiro atoms. The number of benzene rings is 2. The number of rotatable bonds is 10. The smallest absolute Gasteiger partial charge is 0.339 e. The Morgan fingerprint density at radius 1 is 1.06 bits per heavy atom. The fourth-order valence-electron chi connectivity index (χ4n) is 4.20. The van der Waals surface area contributed by atoms with Crippen molar-refractivity contribution in [2.24, 2.45) is 0 Å². The van der Waals surface area contributed by atoms with Crippen LogP contribution < -0.4 is 4.74 Å². The molecule has 180 valence electrons. The largest absolute Gasteiger partial charge is 0.490 e. The minimum atomic E-state index is -1.00. The van der Waals surface area contributed by atoms with Crippen LogP contribution in [0.4, 0.5) is 0 Å². The molecule has 0 radical (unpaired) electrons. The standard InChI is InChI=1S/C27H31NO6/c1-18-7-5-8-20(15-18)26-28-24(19(2)34-26)17-33-22-10-6-9-21(16-22)31-13-14-32-25-12-4-3-11-23(25)27(29)30/h3-5,7-8,11-12,15,21-22H,6,9-10,13-14,16-17H2,1-2H3,(H,29,30)/t21-,22+/m1/s1. The second-order valence-electron chi connectivity index (χ2n) is 8.63. The molecular formula is C27H31NO6. The summed E-state index contributed by atoms with van der Waals surface area (Å²) in [5.74, 6) is 0.752. The highest BCUT2D eigenvalue weighted by Gasteiger charge is 2.24. The van der Waals surface area contributed by atoms with Crippen LogP contribution in [0.25, 0.3) is 11.5 Å². The fourth-order valence-corrected chi connectivity index (χ4v) is 4.20. The van der Waals surface area contributed by atoms with Gasteiger partial charge in [-0.3, -0.25) is 0 Å². The molecule has 3 aromatic rings. The van der Waals surface area contributed by atoms with Gasteiger partial charge in [0, 0.05) is 5.56 Å². The van der Waals surface area contributed by atoms with Gasteiger partial charge >= 0.3 is 5.97 Å². The quantitative estimate of drug-likeness (QED) is 0.391. The molecule has 4 rings (SSSR count). The van der Waals surface area contributed by atoms with Crippen molar-refractivity contribution < 1.29 is 28.5 Å². The number of nitrogens with zero attached hydrogens (tertiary/aromatic N) is 1. The number of aromatic nitrogens is 1. The predicted molar refractivity (Wildman–Crippen MR) is 127 cm³/mol. The summed E-state index contributed by atoms with van der Waals surface area (Å²) in [6.07, 6.45) is 4.01. The van der Waals surface area contributed by atoms with Gasteiger partial charge in [-0.2, -0.15) is 0 Å². The lowest BCUT2D eigenvalue weighted by Gasteiger charge is -2.29. The number of carboxylic acid groups (broad SMARTS) is 1. The van der Waals surface area contributed by atoms with E-state index >= 15 is 0 Å². The van der Waals surface area contributed by atoms with Gasteiger partial charge in [-0.1, -0.05) is 29.8 Å². The molecule has 34 heavy (non-hydrogen) atoms. The molecule has 1 aliphatic carbocycles. The Hall–Kier alpha value is -3.16. The van der Waals surface area contributed by atoms with Crippen LogP contribution in [0.5, 0.6) is 5.75 Å². The average molecular weight is 466 g/mol. The number of para-hydroxylation sites is 1. The molecule has 1 N–H and O–H groups in total. The summed E-state index contributed by atoms with van der Waals surface area (Å²) >= 11 is 0. The molecule has 0 amide bonds. The molecule has 7 nitrogen and oxygen atoms in total. The first-order valence-electron chi connectivity index (χ1n) is 11.7. The molecule has 0 unspecified atom stereocenters. The third-order valence-electron chi connectivity index (χ3n) is 6.00. The van der Waals surface area contributed by atoms with Gasteiger partial charge in [-0.25, -0.2) is 9.78 Å². The van der Waals surface area contributed by atoms with Crippen molar-refractivity contribution >= 4 is 5.97 Å². The van der Waals surface area contributed by atoms with Crippen molar-refractivity contribution in [3.05, 3.63) is 71.1 Å². The van der Waals surface area contributed by atoms with E-state index in [1.807, 2.05) is 32.0 Å². The van der Waals surface area contributed by atoms with Gasteiger partial charge in [0.25, 0.3) is 0 Å². The summed E-state index contributed by atoms with van der Waals surface area (Å²) in [6, 6.07) is 14.7. The molecule has 2 aromatic carbocycles. The molecule has 0 aliphatic heterocycles. The van der Waals surface area contributed by atoms with E-state index in [-0.39, 0.29) is 17.8 Å². The number of aromatic carboxylic acids is 1. The van der Waals surface area contributed by atoms with Crippen LogP contribution in [0.15, 0.2) is 52.9 Å². The second kappa shape index (κ2) is 11.3. The first kappa shape index (κ1) is 24.0. The van der Waals surface area contributed by atoms with Crippen molar-refractivity contribution in [3.63, 3.8) is 0 Å². The summed E-state index contributed by atoms with van der Waals surface area (Å²) < 4.78 is 23.7. The van der Waals surface area contributed by atoms with Crippen LogP contribution in [0.2, 0.25) is 0 Å². The van der Waals surface area contributed by atoms with Crippen molar-refractivity contribution in [3.8, 4) is 17.2 Å². The van der Waals surface area contributed by atoms with Gasteiger partial charge in [0.05, 0.1) is 25.4 Å². The van der Waals surface area contributed by atoms with Crippen molar-refractivity contribution in [2.45, 2.75) is 58.3 Å². The van der Waals surface area contributed by atoms with E-state index < -0.39 is 5.97 Å². The predicted octanol–water partition coefficient (Wildman–Crippen LogP) is 5.58. The lowest BCUT2D eigenvalue weighted by Crippen LogP contribution is -2.29. The summed E-state index contributed by atoms with van der Waals surface area (Å²) in [4.78, 5) is 15.9. The first-order valence-corrected chi connectivity index (χ1v) is 11.7. The van der Waals surface area contributed by atoms with Gasteiger partial charge in [0.1, 0.15) is 29.4 Å². The number of hydrogen-bond donors (Lipinski definition) is 1. The van der Waals surface area contributed by atoms with Crippen LogP contribution in [0, 0.1) is 13.8 Å². The number of carboxylic acids is 1. The zero-order valence-electron chi connectivity index (χ0n) is 19.7. The second-order valence-corrected chi connectivity index (χ2v) is 8.63. The van der Waals surface area contributed by atoms with Crippen LogP contribution in [-0.4, -0.2) is 41.5 Å². The fraction of sp³-hybridized carbons (Fsp3) is 0.407. The monoisotopic (exact) mass is 465 g/mol. The minimum absolute atomic E-state index is 0.0957. The third-order valence-corrected chi connectivity index (χ3v) is 6.00. The molecule has 2 atom stereocenters. The van der Waals surface area contributed by atoms with E-state index in [4.69, 9.17) is 18.6 Å².